The molecule has 1 amide bonds. The number of amides is 1. The van der Waals surface area contributed by atoms with E-state index in [1.54, 1.807) is 18.7 Å². The predicted octanol–water partition coefficient (Wildman–Crippen LogP) is 3.57. The van der Waals surface area contributed by atoms with Crippen LogP contribution in [0.3, 0.4) is 0 Å². The number of hydrogen-bond acceptors (Lipinski definition) is 6. The average molecular weight is 539 g/mol. The Kier molecular flexibility index (Phi) is 9.67. The molecule has 0 bridgehead atoms. The number of halogens is 6. The van der Waals surface area contributed by atoms with Gasteiger partial charge < -0.3 is 19.5 Å². The van der Waals surface area contributed by atoms with Gasteiger partial charge in [-0.1, -0.05) is 6.07 Å². The first-order valence-corrected chi connectivity index (χ1v) is 10.7. The first kappa shape index (κ1) is 29.6. The number of likely N-dealkylation sites (tertiary alicyclic amines) is 2. The van der Waals surface area contributed by atoms with E-state index >= 15 is 0 Å². The average Bonchev–Trinajstić information content (AvgIpc) is 3.53. The van der Waals surface area contributed by atoms with E-state index in [9.17, 15) is 31.1 Å². The van der Waals surface area contributed by atoms with E-state index in [0.29, 0.717) is 12.5 Å². The second kappa shape index (κ2) is 12.1. The molecule has 2 aromatic heterocycles. The number of carboxylic acids is 2. The molecule has 0 radical (unpaired) electrons. The summed E-state index contributed by atoms with van der Waals surface area (Å²) in [7, 11) is 0. The summed E-state index contributed by atoms with van der Waals surface area (Å²) in [6.45, 7) is 4.25. The van der Waals surface area contributed by atoms with E-state index in [1.165, 1.54) is 5.56 Å². The molecule has 0 aliphatic carbocycles. The number of nitrogens with zero attached hydrogens (tertiary/aromatic N) is 3. The van der Waals surface area contributed by atoms with Crippen LogP contribution in [0.25, 0.3) is 0 Å². The van der Waals surface area contributed by atoms with E-state index < -0.39 is 24.3 Å². The van der Waals surface area contributed by atoms with Crippen LogP contribution >= 0.6 is 0 Å². The molecular weight excluding hydrogens is 516 g/mol. The number of aliphatic carboxylic acids is 2. The molecule has 2 aliphatic rings. The number of aromatic nitrogens is 1. The van der Waals surface area contributed by atoms with Crippen LogP contribution in [0.5, 0.6) is 0 Å². The summed E-state index contributed by atoms with van der Waals surface area (Å²) in [5.74, 6) is -5.20. The molecule has 1 spiro atoms. The van der Waals surface area contributed by atoms with Crippen molar-refractivity contribution in [1.29, 1.82) is 0 Å². The van der Waals surface area contributed by atoms with Crippen molar-refractivity contribution in [2.24, 2.45) is 5.41 Å². The van der Waals surface area contributed by atoms with Gasteiger partial charge in [0.2, 0.25) is 5.91 Å². The Bertz CT molecular complexity index is 1020. The number of carbonyl (C=O) groups is 3. The molecule has 2 aromatic rings. The van der Waals surface area contributed by atoms with Crippen LogP contribution in [-0.4, -0.2) is 74.8 Å². The van der Waals surface area contributed by atoms with Crippen LogP contribution in [0.15, 0.2) is 47.5 Å². The molecule has 1 unspecified atom stereocenters. The standard InChI is InChI=1S/C18H21N3O2.2C2HF3O2/c22-17-18(4-7-20(14-18)11-16-3-9-23-13-16)5-8-21(17)12-15-2-1-6-19-10-15;2*3-2(4,5)1(6)7/h1-3,6,9-10,13H,4-5,7-8,11-12,14H2;2*(H,6,7). The highest BCUT2D eigenvalue weighted by Crippen LogP contribution is 2.41. The monoisotopic (exact) mass is 539 g/mol. The van der Waals surface area contributed by atoms with Gasteiger partial charge in [0.1, 0.15) is 0 Å². The van der Waals surface area contributed by atoms with E-state index in [0.717, 1.165) is 44.6 Å². The molecule has 2 N–H and O–H groups in total. The second-order valence-corrected chi connectivity index (χ2v) is 8.32. The number of carbonyl (C=O) groups excluding carboxylic acids is 1. The number of carboxylic acid groups (broad SMARTS) is 2. The number of hydrogen-bond donors (Lipinski definition) is 2. The largest absolute Gasteiger partial charge is 0.490 e. The van der Waals surface area contributed by atoms with Gasteiger partial charge in [0.15, 0.2) is 0 Å². The van der Waals surface area contributed by atoms with Gasteiger partial charge in [-0.15, -0.1) is 0 Å². The Balaban J connectivity index is 0.000000286. The molecule has 2 saturated heterocycles. The SMILES string of the molecule is O=C(O)C(F)(F)F.O=C(O)C(F)(F)F.O=C1N(Cc2cccnc2)CCC12CCN(Cc1ccoc1)C2. The fourth-order valence-electron chi connectivity index (χ4n) is 3.87. The molecule has 2 fully saturated rings. The summed E-state index contributed by atoms with van der Waals surface area (Å²) in [5.41, 5.74) is 2.11. The van der Waals surface area contributed by atoms with E-state index in [2.05, 4.69) is 9.88 Å². The van der Waals surface area contributed by atoms with Crippen LogP contribution in [-0.2, 0) is 27.5 Å². The van der Waals surface area contributed by atoms with Crippen LogP contribution in [0.1, 0.15) is 24.0 Å². The third-order valence-electron chi connectivity index (χ3n) is 5.60. The maximum absolute atomic E-state index is 12.9. The van der Waals surface area contributed by atoms with Gasteiger partial charge in [-0.2, -0.15) is 26.3 Å². The lowest BCUT2D eigenvalue weighted by molar-refractivity contribution is -0.193. The number of rotatable bonds is 4. The van der Waals surface area contributed by atoms with Gasteiger partial charge in [-0.05, 0) is 37.1 Å². The van der Waals surface area contributed by atoms with Crippen LogP contribution in [0.2, 0.25) is 0 Å². The van der Waals surface area contributed by atoms with Crippen molar-refractivity contribution in [3.05, 3.63) is 54.2 Å². The zero-order valence-corrected chi connectivity index (χ0v) is 19.1. The van der Waals surface area contributed by atoms with Crippen molar-refractivity contribution >= 4 is 17.8 Å². The van der Waals surface area contributed by atoms with Gasteiger partial charge in [0.25, 0.3) is 0 Å². The van der Waals surface area contributed by atoms with Crippen molar-refractivity contribution < 1.29 is 55.4 Å². The molecule has 2 aliphatic heterocycles. The maximum Gasteiger partial charge on any atom is 0.490 e. The summed E-state index contributed by atoms with van der Waals surface area (Å²) in [6, 6.07) is 5.95. The lowest BCUT2D eigenvalue weighted by atomic mass is 9.85. The Morgan fingerprint density at radius 3 is 2.05 bits per heavy atom. The smallest absolute Gasteiger partial charge is 0.475 e. The quantitative estimate of drug-likeness (QED) is 0.566. The molecule has 37 heavy (non-hydrogen) atoms. The zero-order valence-electron chi connectivity index (χ0n) is 19.1. The highest BCUT2D eigenvalue weighted by Gasteiger charge is 2.50. The van der Waals surface area contributed by atoms with Gasteiger partial charge in [0.05, 0.1) is 17.9 Å². The van der Waals surface area contributed by atoms with Crippen molar-refractivity contribution in [3.63, 3.8) is 0 Å². The van der Waals surface area contributed by atoms with Gasteiger partial charge in [0, 0.05) is 44.1 Å². The summed E-state index contributed by atoms with van der Waals surface area (Å²) in [4.78, 5) is 39.2. The fraction of sp³-hybridized carbons (Fsp3) is 0.455. The molecule has 1 atom stereocenters. The lowest BCUT2D eigenvalue weighted by Gasteiger charge is -2.23. The molecule has 0 aromatic carbocycles. The van der Waals surface area contributed by atoms with Gasteiger partial charge >= 0.3 is 24.3 Å². The molecule has 204 valence electrons. The van der Waals surface area contributed by atoms with E-state index in [1.807, 2.05) is 29.3 Å². The highest BCUT2D eigenvalue weighted by molar-refractivity contribution is 5.85. The highest BCUT2D eigenvalue weighted by atomic mass is 19.4. The summed E-state index contributed by atoms with van der Waals surface area (Å²) in [5, 5.41) is 14.2. The van der Waals surface area contributed by atoms with Crippen molar-refractivity contribution in [3.8, 4) is 0 Å². The first-order chi connectivity index (χ1) is 17.1. The van der Waals surface area contributed by atoms with Crippen LogP contribution in [0.4, 0.5) is 26.3 Å². The molecule has 0 saturated carbocycles. The van der Waals surface area contributed by atoms with Crippen LogP contribution in [0, 0.1) is 5.41 Å². The minimum atomic E-state index is -5.08. The molecule has 15 heteroatoms. The molecule has 9 nitrogen and oxygen atoms in total. The summed E-state index contributed by atoms with van der Waals surface area (Å²) >= 11 is 0. The molecular formula is C22H23F6N3O6. The number of furan rings is 1. The van der Waals surface area contributed by atoms with Crippen molar-refractivity contribution in [1.82, 2.24) is 14.8 Å². The van der Waals surface area contributed by atoms with Crippen molar-refractivity contribution in [2.75, 3.05) is 19.6 Å². The first-order valence-electron chi connectivity index (χ1n) is 10.7. The fourth-order valence-corrected chi connectivity index (χ4v) is 3.87. The minimum absolute atomic E-state index is 0.175. The summed E-state index contributed by atoms with van der Waals surface area (Å²) < 4.78 is 68.6. The van der Waals surface area contributed by atoms with Crippen LogP contribution < -0.4 is 0 Å². The Labute approximate surface area is 206 Å². The third kappa shape index (κ3) is 8.77. The second-order valence-electron chi connectivity index (χ2n) is 8.32. The van der Waals surface area contributed by atoms with Crippen molar-refractivity contribution in [2.45, 2.75) is 38.3 Å². The Hall–Kier alpha value is -3.62. The Morgan fingerprint density at radius 2 is 1.57 bits per heavy atom. The normalized spacial score (nSPS) is 19.7. The topological polar surface area (TPSA) is 124 Å². The number of pyridine rings is 1. The predicted molar refractivity (Wildman–Crippen MR) is 113 cm³/mol. The van der Waals surface area contributed by atoms with Gasteiger partial charge in [-0.3, -0.25) is 14.7 Å². The maximum atomic E-state index is 12.9. The Morgan fingerprint density at radius 1 is 0.973 bits per heavy atom. The molecule has 4 heterocycles. The van der Waals surface area contributed by atoms with E-state index in [4.69, 9.17) is 24.2 Å². The molecule has 4 rings (SSSR count). The zero-order chi connectivity index (χ0) is 27.9. The van der Waals surface area contributed by atoms with E-state index in [-0.39, 0.29) is 5.41 Å². The summed E-state index contributed by atoms with van der Waals surface area (Å²) in [6.07, 6.45) is -1.13. The lowest BCUT2D eigenvalue weighted by Crippen LogP contribution is -2.36. The van der Waals surface area contributed by atoms with Gasteiger partial charge in [-0.25, -0.2) is 9.59 Å². The third-order valence-corrected chi connectivity index (χ3v) is 5.60. The minimum Gasteiger partial charge on any atom is -0.475 e. The number of alkyl halides is 6.